The molecule has 1 heterocycles. The maximum absolute atomic E-state index is 13.7. The summed E-state index contributed by atoms with van der Waals surface area (Å²) in [7, 11) is 1.88. The second-order valence-electron chi connectivity index (χ2n) is 5.84. The number of nitrogens with one attached hydrogen (secondary N) is 1. The number of anilines is 1. The number of nitrogens with zero attached hydrogens (tertiary/aromatic N) is 2. The number of benzene rings is 2. The Morgan fingerprint density at radius 1 is 1.20 bits per heavy atom. The number of carbonyl (C=O) groups excluding carboxylic acids is 1. The SMILES string of the molecule is Cc1ccc(C)c(C(=O)Nc2cc(F)ccc2Sc2nccn2C)c1. The molecule has 0 spiro atoms. The highest BCUT2D eigenvalue weighted by molar-refractivity contribution is 7.99. The molecule has 0 bridgehead atoms. The molecule has 0 aliphatic heterocycles. The fourth-order valence-corrected chi connectivity index (χ4v) is 3.28. The van der Waals surface area contributed by atoms with Crippen molar-refractivity contribution in [2.24, 2.45) is 7.05 Å². The van der Waals surface area contributed by atoms with Gasteiger partial charge < -0.3 is 9.88 Å². The molecule has 3 rings (SSSR count). The van der Waals surface area contributed by atoms with Gasteiger partial charge in [-0.3, -0.25) is 4.79 Å². The van der Waals surface area contributed by atoms with E-state index in [4.69, 9.17) is 0 Å². The first-order chi connectivity index (χ1) is 11.9. The lowest BCUT2D eigenvalue weighted by Gasteiger charge is -2.12. The van der Waals surface area contributed by atoms with Crippen molar-refractivity contribution in [3.63, 3.8) is 0 Å². The zero-order chi connectivity index (χ0) is 18.0. The normalized spacial score (nSPS) is 10.7. The first kappa shape index (κ1) is 17.2. The molecule has 1 N–H and O–H groups in total. The highest BCUT2D eigenvalue weighted by Gasteiger charge is 2.14. The van der Waals surface area contributed by atoms with E-state index in [-0.39, 0.29) is 5.91 Å². The van der Waals surface area contributed by atoms with Crippen LogP contribution in [-0.4, -0.2) is 15.5 Å². The Morgan fingerprint density at radius 2 is 2.00 bits per heavy atom. The van der Waals surface area contributed by atoms with E-state index in [1.165, 1.54) is 23.9 Å². The van der Waals surface area contributed by atoms with Gasteiger partial charge >= 0.3 is 0 Å². The van der Waals surface area contributed by atoms with Crippen molar-refractivity contribution in [3.05, 3.63) is 71.3 Å². The van der Waals surface area contributed by atoms with Gasteiger partial charge in [0.25, 0.3) is 5.91 Å². The quantitative estimate of drug-likeness (QED) is 0.745. The summed E-state index contributed by atoms with van der Waals surface area (Å²) in [6, 6.07) is 10.0. The Morgan fingerprint density at radius 3 is 2.72 bits per heavy atom. The summed E-state index contributed by atoms with van der Waals surface area (Å²) in [6.45, 7) is 3.81. The van der Waals surface area contributed by atoms with Crippen molar-refractivity contribution in [1.29, 1.82) is 0 Å². The summed E-state index contributed by atoms with van der Waals surface area (Å²) in [5.74, 6) is -0.658. The number of amides is 1. The lowest BCUT2D eigenvalue weighted by Crippen LogP contribution is -2.14. The first-order valence-corrected chi connectivity index (χ1v) is 8.59. The van der Waals surface area contributed by atoms with E-state index in [1.54, 1.807) is 12.3 Å². The Hall–Kier alpha value is -2.60. The molecule has 1 amide bonds. The molecular weight excluding hydrogens is 337 g/mol. The van der Waals surface area contributed by atoms with Crippen LogP contribution in [0, 0.1) is 19.7 Å². The van der Waals surface area contributed by atoms with Crippen LogP contribution in [0.15, 0.2) is 58.8 Å². The largest absolute Gasteiger partial charge is 0.329 e. The fourth-order valence-electron chi connectivity index (χ4n) is 2.41. The monoisotopic (exact) mass is 355 g/mol. The number of carbonyl (C=O) groups is 1. The second kappa shape index (κ2) is 7.11. The summed E-state index contributed by atoms with van der Waals surface area (Å²) < 4.78 is 15.6. The predicted octanol–water partition coefficient (Wildman–Crippen LogP) is 4.58. The molecule has 0 aliphatic rings. The molecule has 3 aromatic rings. The minimum absolute atomic E-state index is 0.256. The van der Waals surface area contributed by atoms with Crippen molar-refractivity contribution < 1.29 is 9.18 Å². The van der Waals surface area contributed by atoms with Crippen molar-refractivity contribution in [3.8, 4) is 0 Å². The number of hydrogen-bond acceptors (Lipinski definition) is 3. The third-order valence-corrected chi connectivity index (χ3v) is 4.96. The molecule has 0 unspecified atom stereocenters. The summed E-state index contributed by atoms with van der Waals surface area (Å²) in [6.07, 6.45) is 3.53. The maximum atomic E-state index is 13.7. The highest BCUT2D eigenvalue weighted by atomic mass is 32.2. The van der Waals surface area contributed by atoms with Crippen LogP contribution in [0.3, 0.4) is 0 Å². The number of rotatable bonds is 4. The van der Waals surface area contributed by atoms with E-state index in [9.17, 15) is 9.18 Å². The van der Waals surface area contributed by atoms with E-state index < -0.39 is 5.82 Å². The van der Waals surface area contributed by atoms with Crippen LogP contribution in [0.25, 0.3) is 0 Å². The molecular formula is C19H18FN3OS. The summed E-state index contributed by atoms with van der Waals surface area (Å²) in [4.78, 5) is 17.6. The molecule has 2 aromatic carbocycles. The first-order valence-electron chi connectivity index (χ1n) is 7.77. The van der Waals surface area contributed by atoms with Crippen molar-refractivity contribution in [2.75, 3.05) is 5.32 Å². The minimum Gasteiger partial charge on any atom is -0.329 e. The number of halogens is 1. The summed E-state index contributed by atoms with van der Waals surface area (Å²) in [5, 5.41) is 3.59. The zero-order valence-electron chi connectivity index (χ0n) is 14.2. The molecule has 25 heavy (non-hydrogen) atoms. The third-order valence-electron chi connectivity index (χ3n) is 3.81. The topological polar surface area (TPSA) is 46.9 Å². The van der Waals surface area contributed by atoms with Gasteiger partial charge in [0.1, 0.15) is 5.82 Å². The Kier molecular flexibility index (Phi) is 4.90. The van der Waals surface area contributed by atoms with E-state index in [0.717, 1.165) is 21.2 Å². The van der Waals surface area contributed by atoms with Crippen LogP contribution >= 0.6 is 11.8 Å². The van der Waals surface area contributed by atoms with Crippen molar-refractivity contribution in [2.45, 2.75) is 23.9 Å². The van der Waals surface area contributed by atoms with Gasteiger partial charge in [-0.05, 0) is 55.4 Å². The number of aromatic nitrogens is 2. The molecule has 0 aliphatic carbocycles. The summed E-state index contributed by atoms with van der Waals surface area (Å²) >= 11 is 1.37. The van der Waals surface area contributed by atoms with Crippen LogP contribution in [0.4, 0.5) is 10.1 Å². The zero-order valence-corrected chi connectivity index (χ0v) is 15.0. The van der Waals surface area contributed by atoms with Gasteiger partial charge in [-0.15, -0.1) is 0 Å². The van der Waals surface area contributed by atoms with Crippen molar-refractivity contribution >= 4 is 23.4 Å². The number of hydrogen-bond donors (Lipinski definition) is 1. The Labute approximate surface area is 150 Å². The Balaban J connectivity index is 1.91. The smallest absolute Gasteiger partial charge is 0.255 e. The predicted molar refractivity (Wildman–Crippen MR) is 97.6 cm³/mol. The molecule has 4 nitrogen and oxygen atoms in total. The molecule has 0 saturated carbocycles. The van der Waals surface area contributed by atoms with E-state index in [1.807, 2.05) is 49.9 Å². The molecule has 0 fully saturated rings. The van der Waals surface area contributed by atoms with E-state index in [0.29, 0.717) is 11.3 Å². The van der Waals surface area contributed by atoms with Crippen LogP contribution in [-0.2, 0) is 7.05 Å². The van der Waals surface area contributed by atoms with Crippen LogP contribution in [0.2, 0.25) is 0 Å². The molecule has 128 valence electrons. The average Bonchev–Trinajstić information content (AvgIpc) is 2.97. The van der Waals surface area contributed by atoms with E-state index >= 15 is 0 Å². The lowest BCUT2D eigenvalue weighted by molar-refractivity contribution is 0.102. The van der Waals surface area contributed by atoms with Gasteiger partial charge in [-0.25, -0.2) is 9.37 Å². The van der Waals surface area contributed by atoms with Gasteiger partial charge in [0.2, 0.25) is 0 Å². The maximum Gasteiger partial charge on any atom is 0.255 e. The summed E-state index contributed by atoms with van der Waals surface area (Å²) in [5.41, 5.74) is 2.88. The minimum atomic E-state index is -0.402. The van der Waals surface area contributed by atoms with Crippen LogP contribution < -0.4 is 5.32 Å². The van der Waals surface area contributed by atoms with Gasteiger partial charge in [-0.2, -0.15) is 0 Å². The van der Waals surface area contributed by atoms with Gasteiger partial charge in [0, 0.05) is 29.9 Å². The molecule has 0 saturated heterocycles. The molecule has 6 heteroatoms. The standard InChI is InChI=1S/C19H18FN3OS/c1-12-4-5-13(2)15(10-12)18(24)22-16-11-14(20)6-7-17(16)25-19-21-8-9-23(19)3/h4-11H,1-3H3,(H,22,24). The number of aryl methyl sites for hydroxylation is 3. The third kappa shape index (κ3) is 3.91. The molecule has 0 radical (unpaired) electrons. The second-order valence-corrected chi connectivity index (χ2v) is 6.84. The van der Waals surface area contributed by atoms with Gasteiger partial charge in [0.15, 0.2) is 5.16 Å². The molecule has 1 aromatic heterocycles. The van der Waals surface area contributed by atoms with E-state index in [2.05, 4.69) is 10.3 Å². The lowest BCUT2D eigenvalue weighted by atomic mass is 10.1. The number of imidazole rings is 1. The highest BCUT2D eigenvalue weighted by Crippen LogP contribution is 2.33. The van der Waals surface area contributed by atoms with Crippen LogP contribution in [0.1, 0.15) is 21.5 Å². The average molecular weight is 355 g/mol. The van der Waals surface area contributed by atoms with Gasteiger partial charge in [-0.1, -0.05) is 17.7 Å². The van der Waals surface area contributed by atoms with Crippen LogP contribution in [0.5, 0.6) is 0 Å². The molecule has 0 atom stereocenters. The Bertz CT molecular complexity index is 936. The fraction of sp³-hybridized carbons (Fsp3) is 0.158. The van der Waals surface area contributed by atoms with Crippen molar-refractivity contribution in [1.82, 2.24) is 9.55 Å². The van der Waals surface area contributed by atoms with Gasteiger partial charge in [0.05, 0.1) is 5.69 Å².